The van der Waals surface area contributed by atoms with Crippen LogP contribution in [0.15, 0.2) is 49.1 Å². The van der Waals surface area contributed by atoms with E-state index in [0.29, 0.717) is 36.0 Å². The summed E-state index contributed by atoms with van der Waals surface area (Å²) in [6, 6.07) is 11.1. The lowest BCUT2D eigenvalue weighted by molar-refractivity contribution is -0.0469. The summed E-state index contributed by atoms with van der Waals surface area (Å²) in [5.41, 5.74) is 2.24. The second kappa shape index (κ2) is 10.6. The highest BCUT2D eigenvalue weighted by molar-refractivity contribution is 5.65. The average molecular weight is 441 g/mol. The summed E-state index contributed by atoms with van der Waals surface area (Å²) in [4.78, 5) is 0. The Morgan fingerprint density at radius 3 is 2.34 bits per heavy atom. The third kappa shape index (κ3) is 5.06. The molecule has 2 atom stereocenters. The topological polar surface area (TPSA) is 18.5 Å². The molecule has 1 saturated carbocycles. The molecule has 2 aromatic carbocycles. The van der Waals surface area contributed by atoms with Crippen LogP contribution in [0.4, 0.5) is 8.78 Å². The molecule has 1 saturated heterocycles. The lowest BCUT2D eigenvalue weighted by Crippen LogP contribution is -2.33. The maximum Gasteiger partial charge on any atom is 0.201 e. The molecule has 2 aliphatic rings. The molecule has 0 aromatic heterocycles. The van der Waals surface area contributed by atoms with E-state index in [4.69, 9.17) is 9.47 Å². The van der Waals surface area contributed by atoms with Crippen molar-refractivity contribution in [2.75, 3.05) is 13.2 Å². The summed E-state index contributed by atoms with van der Waals surface area (Å²) in [5.74, 6) is -0.0957. The molecule has 1 aliphatic carbocycles. The molecular weight excluding hydrogens is 406 g/mol. The molecule has 32 heavy (non-hydrogen) atoms. The summed E-state index contributed by atoms with van der Waals surface area (Å²) in [6.45, 7) is 7.01. The van der Waals surface area contributed by atoms with E-state index < -0.39 is 11.6 Å². The van der Waals surface area contributed by atoms with Crippen LogP contribution < -0.4 is 4.74 Å². The summed E-state index contributed by atoms with van der Waals surface area (Å²) >= 11 is 0. The van der Waals surface area contributed by atoms with Crippen LogP contribution in [0.1, 0.15) is 63.4 Å². The highest BCUT2D eigenvalue weighted by Crippen LogP contribution is 2.40. The van der Waals surface area contributed by atoms with Crippen LogP contribution in [-0.4, -0.2) is 19.3 Å². The van der Waals surface area contributed by atoms with Gasteiger partial charge in [-0.05, 0) is 80.0 Å². The third-order valence-electron chi connectivity index (χ3n) is 7.18. The Labute approximate surface area is 190 Å². The van der Waals surface area contributed by atoms with Gasteiger partial charge >= 0.3 is 0 Å². The van der Waals surface area contributed by atoms with Gasteiger partial charge in [0.05, 0.1) is 19.3 Å². The van der Waals surface area contributed by atoms with Gasteiger partial charge in [0.1, 0.15) is 0 Å². The molecular formula is C28H34F2O2. The minimum atomic E-state index is -0.914. The van der Waals surface area contributed by atoms with Crippen molar-refractivity contribution in [3.05, 3.63) is 66.3 Å². The van der Waals surface area contributed by atoms with Crippen molar-refractivity contribution >= 4 is 0 Å². The summed E-state index contributed by atoms with van der Waals surface area (Å²) in [7, 11) is 0. The van der Waals surface area contributed by atoms with Crippen LogP contribution in [0.3, 0.4) is 0 Å². The molecule has 4 rings (SSSR count). The molecule has 172 valence electrons. The van der Waals surface area contributed by atoms with Gasteiger partial charge in [-0.25, -0.2) is 4.39 Å². The van der Waals surface area contributed by atoms with Gasteiger partial charge in [-0.1, -0.05) is 37.3 Å². The zero-order valence-corrected chi connectivity index (χ0v) is 19.0. The van der Waals surface area contributed by atoms with E-state index in [-0.39, 0.29) is 11.3 Å². The van der Waals surface area contributed by atoms with Gasteiger partial charge in [0.15, 0.2) is 11.6 Å². The van der Waals surface area contributed by atoms with Crippen LogP contribution in [0.5, 0.6) is 5.75 Å². The van der Waals surface area contributed by atoms with Gasteiger partial charge in [0.2, 0.25) is 5.82 Å². The number of hydrogen-bond donors (Lipinski definition) is 0. The fraction of sp³-hybridized carbons (Fsp3) is 0.500. The van der Waals surface area contributed by atoms with Crippen molar-refractivity contribution in [2.24, 2.45) is 11.8 Å². The van der Waals surface area contributed by atoms with E-state index in [0.717, 1.165) is 32.3 Å². The summed E-state index contributed by atoms with van der Waals surface area (Å²) in [6.07, 6.45) is 10.2. The predicted octanol–water partition coefficient (Wildman–Crippen LogP) is 7.68. The quantitative estimate of drug-likeness (QED) is 0.411. The van der Waals surface area contributed by atoms with Crippen LogP contribution in [-0.2, 0) is 4.74 Å². The monoisotopic (exact) mass is 440 g/mol. The predicted molar refractivity (Wildman–Crippen MR) is 125 cm³/mol. The Bertz CT molecular complexity index is 892. The minimum absolute atomic E-state index is 0.0246. The van der Waals surface area contributed by atoms with Gasteiger partial charge in [-0.3, -0.25) is 0 Å². The minimum Gasteiger partial charge on any atom is -0.490 e. The van der Waals surface area contributed by atoms with Crippen molar-refractivity contribution in [3.63, 3.8) is 0 Å². The third-order valence-corrected chi connectivity index (χ3v) is 7.18. The molecule has 1 aliphatic heterocycles. The zero-order valence-electron chi connectivity index (χ0n) is 19.0. The van der Waals surface area contributed by atoms with Crippen LogP contribution in [0.2, 0.25) is 0 Å². The molecule has 1 heterocycles. The fourth-order valence-corrected chi connectivity index (χ4v) is 5.19. The normalized spacial score (nSPS) is 26.0. The molecule has 0 N–H and O–H groups in total. The molecule has 2 fully saturated rings. The maximum atomic E-state index is 14.6. The Hall–Kier alpha value is -2.20. The zero-order chi connectivity index (χ0) is 22.5. The Morgan fingerprint density at radius 1 is 0.969 bits per heavy atom. The Kier molecular flexibility index (Phi) is 7.62. The van der Waals surface area contributed by atoms with E-state index in [2.05, 4.69) is 18.7 Å². The molecule has 4 heteroatoms. The largest absolute Gasteiger partial charge is 0.490 e. The number of benzene rings is 2. The smallest absolute Gasteiger partial charge is 0.201 e. The number of ether oxygens (including phenoxy) is 2. The lowest BCUT2D eigenvalue weighted by atomic mass is 9.75. The second-order valence-electron chi connectivity index (χ2n) is 9.27. The average Bonchev–Trinajstić information content (AvgIpc) is 2.85. The maximum absolute atomic E-state index is 14.6. The first-order valence-electron chi connectivity index (χ1n) is 12.1. The van der Waals surface area contributed by atoms with Crippen molar-refractivity contribution in [2.45, 2.75) is 63.9 Å². The molecule has 0 amide bonds. The van der Waals surface area contributed by atoms with Crippen molar-refractivity contribution in [1.29, 1.82) is 0 Å². The van der Waals surface area contributed by atoms with Crippen molar-refractivity contribution < 1.29 is 18.3 Å². The van der Waals surface area contributed by atoms with E-state index in [1.807, 2.05) is 25.1 Å². The van der Waals surface area contributed by atoms with E-state index in [9.17, 15) is 8.78 Å². The van der Waals surface area contributed by atoms with Gasteiger partial charge in [0.25, 0.3) is 0 Å². The molecule has 2 unspecified atom stereocenters. The SMILES string of the molecule is C=CC1CCC(C2CCC(c3ccc(-c4ccc(OCCC)c(F)c4F)cc3)CC2)OC1. The van der Waals surface area contributed by atoms with E-state index in [1.54, 1.807) is 6.07 Å². The Balaban J connectivity index is 1.36. The highest BCUT2D eigenvalue weighted by atomic mass is 19.2. The van der Waals surface area contributed by atoms with Crippen LogP contribution in [0.25, 0.3) is 11.1 Å². The molecule has 0 radical (unpaired) electrons. The van der Waals surface area contributed by atoms with Crippen molar-refractivity contribution in [1.82, 2.24) is 0 Å². The summed E-state index contributed by atoms with van der Waals surface area (Å²) in [5, 5.41) is 0. The number of halogens is 2. The first-order chi connectivity index (χ1) is 15.6. The first kappa shape index (κ1) is 23.0. The number of rotatable bonds is 7. The van der Waals surface area contributed by atoms with E-state index >= 15 is 0 Å². The number of hydrogen-bond acceptors (Lipinski definition) is 2. The summed E-state index contributed by atoms with van der Waals surface area (Å²) < 4.78 is 40.4. The van der Waals surface area contributed by atoms with Crippen LogP contribution in [0, 0.1) is 23.5 Å². The second-order valence-corrected chi connectivity index (χ2v) is 9.27. The lowest BCUT2D eigenvalue weighted by Gasteiger charge is -2.37. The van der Waals surface area contributed by atoms with Crippen molar-refractivity contribution in [3.8, 4) is 16.9 Å². The standard InChI is InChI=1S/C28H34F2O2/c1-3-17-31-26-16-14-24(27(29)28(26)30)22-10-6-20(7-11-22)21-8-12-23(13-9-21)25-15-5-19(4-2)18-32-25/h4,6-7,10-11,14,16,19,21,23,25H,2-3,5,8-9,12-13,15,17-18H2,1H3. The van der Waals surface area contributed by atoms with E-state index in [1.165, 1.54) is 30.9 Å². The highest BCUT2D eigenvalue weighted by Gasteiger charge is 2.31. The van der Waals surface area contributed by atoms with Gasteiger partial charge in [-0.15, -0.1) is 6.58 Å². The fourth-order valence-electron chi connectivity index (χ4n) is 5.19. The van der Waals surface area contributed by atoms with Gasteiger partial charge < -0.3 is 9.47 Å². The molecule has 2 aromatic rings. The van der Waals surface area contributed by atoms with Gasteiger partial charge in [0, 0.05) is 11.5 Å². The first-order valence-corrected chi connectivity index (χ1v) is 12.1. The molecule has 0 bridgehead atoms. The van der Waals surface area contributed by atoms with Crippen LogP contribution >= 0.6 is 0 Å². The molecule has 0 spiro atoms. The Morgan fingerprint density at radius 2 is 1.72 bits per heavy atom. The van der Waals surface area contributed by atoms with Gasteiger partial charge in [-0.2, -0.15) is 4.39 Å². The molecule has 2 nitrogen and oxygen atoms in total.